The van der Waals surface area contributed by atoms with Gasteiger partial charge >= 0.3 is 0 Å². The Hall–Kier alpha value is -4.46. The number of hydrogen-bond acceptors (Lipinski definition) is 6. The van der Waals surface area contributed by atoms with Crippen LogP contribution < -0.4 is 20.3 Å². The van der Waals surface area contributed by atoms with Gasteiger partial charge in [0.25, 0.3) is 5.91 Å². The molecular weight excluding hydrogens is 490 g/mol. The van der Waals surface area contributed by atoms with Crippen LogP contribution in [0.1, 0.15) is 50.5 Å². The molecule has 200 valence electrons. The van der Waals surface area contributed by atoms with E-state index in [4.69, 9.17) is 4.74 Å². The zero-order valence-corrected chi connectivity index (χ0v) is 23.1. The van der Waals surface area contributed by atoms with E-state index >= 15 is 0 Å². The Labute approximate surface area is 228 Å². The van der Waals surface area contributed by atoms with Crippen molar-refractivity contribution in [2.75, 3.05) is 29.1 Å². The Bertz CT molecular complexity index is 1590. The maximum atomic E-state index is 13.4. The molecule has 39 heavy (non-hydrogen) atoms. The van der Waals surface area contributed by atoms with E-state index in [1.54, 1.807) is 25.4 Å². The van der Waals surface area contributed by atoms with E-state index in [2.05, 4.69) is 34.4 Å². The van der Waals surface area contributed by atoms with Crippen LogP contribution in [0.4, 0.5) is 17.3 Å². The predicted molar refractivity (Wildman–Crippen MR) is 155 cm³/mol. The highest BCUT2D eigenvalue weighted by molar-refractivity contribution is 6.13. The van der Waals surface area contributed by atoms with Crippen molar-refractivity contribution >= 4 is 39.9 Å². The van der Waals surface area contributed by atoms with Gasteiger partial charge in [0.15, 0.2) is 0 Å². The maximum absolute atomic E-state index is 13.4. The Balaban J connectivity index is 1.41. The van der Waals surface area contributed by atoms with Crippen LogP contribution in [-0.2, 0) is 10.2 Å². The Morgan fingerprint density at radius 3 is 2.56 bits per heavy atom. The largest absolute Gasteiger partial charge is 0.439 e. The highest BCUT2D eigenvalue weighted by Gasteiger charge is 2.41. The third kappa shape index (κ3) is 5.14. The molecule has 0 radical (unpaired) electrons. The van der Waals surface area contributed by atoms with Crippen LogP contribution in [-0.4, -0.2) is 35.4 Å². The van der Waals surface area contributed by atoms with Crippen molar-refractivity contribution in [1.82, 2.24) is 9.97 Å². The first-order valence-electron chi connectivity index (χ1n) is 13.0. The maximum Gasteiger partial charge on any atom is 0.256 e. The molecule has 3 aromatic carbocycles. The van der Waals surface area contributed by atoms with E-state index in [0.29, 0.717) is 35.4 Å². The van der Waals surface area contributed by atoms with Gasteiger partial charge in [0, 0.05) is 53.6 Å². The van der Waals surface area contributed by atoms with E-state index in [-0.39, 0.29) is 17.2 Å². The fourth-order valence-electron chi connectivity index (χ4n) is 4.92. The van der Waals surface area contributed by atoms with Crippen molar-refractivity contribution in [2.24, 2.45) is 5.41 Å². The Morgan fingerprint density at radius 1 is 1.03 bits per heavy atom. The van der Waals surface area contributed by atoms with Crippen molar-refractivity contribution in [3.63, 3.8) is 0 Å². The summed E-state index contributed by atoms with van der Waals surface area (Å²) in [5, 5.41) is 7.59. The zero-order chi connectivity index (χ0) is 27.9. The summed E-state index contributed by atoms with van der Waals surface area (Å²) in [6, 6.07) is 18.6. The molecule has 1 aliphatic heterocycles. The third-order valence-corrected chi connectivity index (χ3v) is 6.89. The Morgan fingerprint density at radius 2 is 1.82 bits per heavy atom. The van der Waals surface area contributed by atoms with Crippen molar-refractivity contribution in [3.8, 4) is 11.6 Å². The van der Waals surface area contributed by atoms with Crippen LogP contribution in [0.5, 0.6) is 11.6 Å². The number of ether oxygens (including phenoxy) is 1. The first-order valence-corrected chi connectivity index (χ1v) is 13.0. The highest BCUT2D eigenvalue weighted by Crippen LogP contribution is 2.43. The fourth-order valence-corrected chi connectivity index (χ4v) is 4.92. The predicted octanol–water partition coefficient (Wildman–Crippen LogP) is 6.39. The fraction of sp³-hybridized carbons (Fsp3) is 0.290. The van der Waals surface area contributed by atoms with Crippen LogP contribution >= 0.6 is 0 Å². The normalized spacial score (nSPS) is 14.2. The van der Waals surface area contributed by atoms with Crippen LogP contribution in [0, 0.1) is 5.41 Å². The molecular formula is C31H33N5O3. The Kier molecular flexibility index (Phi) is 6.50. The molecule has 0 fully saturated rings. The number of rotatable bonds is 5. The van der Waals surface area contributed by atoms with Crippen molar-refractivity contribution < 1.29 is 14.3 Å². The standard InChI is InChI=1S/C31H33N5O3/c1-30(2,3)28(38)36-18-31(4,5)24-13-10-20(17-25(24)36)34-27(37)23-9-7-8-19-16-21(11-12-22(19)23)39-26-14-15-33-29(32-6)35-26/h7-17H,18H2,1-6H3,(H,34,37)(H,32,33,35). The van der Waals surface area contributed by atoms with E-state index in [1.807, 2.05) is 74.2 Å². The minimum absolute atomic E-state index is 0.0639. The van der Waals surface area contributed by atoms with Gasteiger partial charge < -0.3 is 20.3 Å². The number of aromatic nitrogens is 2. The lowest BCUT2D eigenvalue weighted by Crippen LogP contribution is -2.40. The van der Waals surface area contributed by atoms with Gasteiger partial charge in [0.1, 0.15) is 5.75 Å². The number of benzene rings is 3. The first kappa shape index (κ1) is 26.2. The number of nitrogens with one attached hydrogen (secondary N) is 2. The summed E-state index contributed by atoms with van der Waals surface area (Å²) in [5.74, 6) is 1.32. The molecule has 0 saturated heterocycles. The van der Waals surface area contributed by atoms with Gasteiger partial charge in [-0.3, -0.25) is 9.59 Å². The molecule has 1 aromatic heterocycles. The lowest BCUT2D eigenvalue weighted by molar-refractivity contribution is -0.125. The number of carbonyl (C=O) groups excluding carboxylic acids is 2. The van der Waals surface area contributed by atoms with Crippen molar-refractivity contribution in [2.45, 2.75) is 40.0 Å². The molecule has 0 saturated carbocycles. The third-order valence-electron chi connectivity index (χ3n) is 6.89. The average Bonchev–Trinajstić information content (AvgIpc) is 3.17. The number of nitrogens with zero attached hydrogens (tertiary/aromatic N) is 3. The smallest absolute Gasteiger partial charge is 0.256 e. The number of amides is 2. The summed E-state index contributed by atoms with van der Waals surface area (Å²) in [6.07, 6.45) is 1.62. The number of hydrogen-bond donors (Lipinski definition) is 2. The molecule has 0 spiro atoms. The van der Waals surface area contributed by atoms with E-state index in [0.717, 1.165) is 22.0 Å². The molecule has 0 bridgehead atoms. The summed E-state index contributed by atoms with van der Waals surface area (Å²) in [4.78, 5) is 36.9. The number of anilines is 3. The molecule has 2 amide bonds. The lowest BCUT2D eigenvalue weighted by Gasteiger charge is -2.27. The van der Waals surface area contributed by atoms with E-state index < -0.39 is 5.41 Å². The summed E-state index contributed by atoms with van der Waals surface area (Å²) < 4.78 is 5.91. The molecule has 0 aliphatic carbocycles. The molecule has 4 aromatic rings. The topological polar surface area (TPSA) is 96.5 Å². The number of fused-ring (bicyclic) bond motifs is 2. The lowest BCUT2D eigenvalue weighted by atomic mass is 9.87. The molecule has 8 nitrogen and oxygen atoms in total. The molecule has 2 N–H and O–H groups in total. The second kappa shape index (κ2) is 9.69. The van der Waals surface area contributed by atoms with Crippen LogP contribution in [0.15, 0.2) is 66.9 Å². The summed E-state index contributed by atoms with van der Waals surface area (Å²) in [5.41, 5.74) is 2.45. The summed E-state index contributed by atoms with van der Waals surface area (Å²) in [7, 11) is 1.74. The SMILES string of the molecule is CNc1nccc(Oc2ccc3c(C(=O)Nc4ccc5c(c4)N(C(=O)C(C)(C)C)CC5(C)C)cccc3c2)n1. The zero-order valence-electron chi connectivity index (χ0n) is 23.1. The molecule has 0 unspecified atom stereocenters. The van der Waals surface area contributed by atoms with Gasteiger partial charge in [-0.15, -0.1) is 0 Å². The van der Waals surface area contributed by atoms with Gasteiger partial charge in [-0.1, -0.05) is 52.8 Å². The highest BCUT2D eigenvalue weighted by atomic mass is 16.5. The van der Waals surface area contributed by atoms with Gasteiger partial charge in [-0.2, -0.15) is 4.98 Å². The van der Waals surface area contributed by atoms with Crippen LogP contribution in [0.2, 0.25) is 0 Å². The van der Waals surface area contributed by atoms with Gasteiger partial charge in [0.05, 0.1) is 0 Å². The first-order chi connectivity index (χ1) is 18.5. The average molecular weight is 524 g/mol. The van der Waals surface area contributed by atoms with Gasteiger partial charge in [-0.05, 0) is 52.7 Å². The quantitative estimate of drug-likeness (QED) is 0.315. The van der Waals surface area contributed by atoms with Crippen molar-refractivity contribution in [1.29, 1.82) is 0 Å². The van der Waals surface area contributed by atoms with E-state index in [1.165, 1.54) is 0 Å². The van der Waals surface area contributed by atoms with Gasteiger partial charge in [-0.25, -0.2) is 4.98 Å². The molecule has 8 heteroatoms. The number of carbonyl (C=O) groups is 2. The molecule has 1 aliphatic rings. The van der Waals surface area contributed by atoms with Crippen LogP contribution in [0.25, 0.3) is 10.8 Å². The summed E-state index contributed by atoms with van der Waals surface area (Å²) >= 11 is 0. The minimum atomic E-state index is -0.509. The molecule has 5 rings (SSSR count). The van der Waals surface area contributed by atoms with Crippen molar-refractivity contribution in [3.05, 3.63) is 78.0 Å². The molecule has 2 heterocycles. The minimum Gasteiger partial charge on any atom is -0.439 e. The van der Waals surface area contributed by atoms with E-state index in [9.17, 15) is 9.59 Å². The molecule has 0 atom stereocenters. The second-order valence-electron chi connectivity index (χ2n) is 11.5. The van der Waals surface area contributed by atoms with Gasteiger partial charge in [0.2, 0.25) is 17.7 Å². The summed E-state index contributed by atoms with van der Waals surface area (Å²) in [6.45, 7) is 10.7. The second-order valence-corrected chi connectivity index (χ2v) is 11.5. The monoisotopic (exact) mass is 523 g/mol. The van der Waals surface area contributed by atoms with Crippen LogP contribution in [0.3, 0.4) is 0 Å².